The highest BCUT2D eigenvalue weighted by atomic mass is 19.4. The molecule has 0 atom stereocenters. The second-order valence-corrected chi connectivity index (χ2v) is 6.72. The smallest absolute Gasteiger partial charge is 0.353 e. The second-order valence-electron chi connectivity index (χ2n) is 6.72. The van der Waals surface area contributed by atoms with E-state index < -0.39 is 29.1 Å². The molecule has 2 amide bonds. The van der Waals surface area contributed by atoms with E-state index in [0.717, 1.165) is 25.0 Å². The van der Waals surface area contributed by atoms with Gasteiger partial charge in [0, 0.05) is 19.1 Å². The maximum Gasteiger partial charge on any atom is 0.417 e. The molecule has 0 saturated heterocycles. The van der Waals surface area contributed by atoms with Gasteiger partial charge in [0.15, 0.2) is 0 Å². The fourth-order valence-corrected chi connectivity index (χ4v) is 3.21. The van der Waals surface area contributed by atoms with Crippen LogP contribution in [-0.4, -0.2) is 37.5 Å². The van der Waals surface area contributed by atoms with Crippen LogP contribution < -0.4 is 16.0 Å². The molecule has 5 nitrogen and oxygen atoms in total. The third kappa shape index (κ3) is 7.21. The van der Waals surface area contributed by atoms with Crippen LogP contribution in [-0.2, 0) is 11.0 Å². The van der Waals surface area contributed by atoms with Gasteiger partial charge in [0.2, 0.25) is 5.91 Å². The highest BCUT2D eigenvalue weighted by Gasteiger charge is 2.34. The number of carbonyl (C=O) groups is 2. The lowest BCUT2D eigenvalue weighted by Crippen LogP contribution is -2.41. The van der Waals surface area contributed by atoms with Gasteiger partial charge in [-0.1, -0.05) is 37.8 Å². The molecule has 0 aliphatic heterocycles. The Hall–Kier alpha value is -2.09. The Morgan fingerprint density at radius 1 is 0.963 bits per heavy atom. The maximum atomic E-state index is 12.9. The fraction of sp³-hybridized carbons (Fsp3) is 0.579. The Morgan fingerprint density at radius 3 is 2.30 bits per heavy atom. The summed E-state index contributed by atoms with van der Waals surface area (Å²) in [4.78, 5) is 23.8. The van der Waals surface area contributed by atoms with Crippen molar-refractivity contribution in [2.24, 2.45) is 0 Å². The van der Waals surface area contributed by atoms with Gasteiger partial charge in [-0.2, -0.15) is 13.2 Å². The average Bonchev–Trinajstić information content (AvgIpc) is 2.91. The summed E-state index contributed by atoms with van der Waals surface area (Å²) in [6.07, 6.45) is 2.63. The first-order chi connectivity index (χ1) is 12.9. The molecule has 0 bridgehead atoms. The van der Waals surface area contributed by atoms with Crippen LogP contribution in [0, 0.1) is 0 Å². The zero-order chi connectivity index (χ0) is 19.7. The lowest BCUT2D eigenvalue weighted by Gasteiger charge is -2.16. The molecule has 8 heteroatoms. The molecule has 3 N–H and O–H groups in total. The fourth-order valence-electron chi connectivity index (χ4n) is 3.21. The van der Waals surface area contributed by atoms with Gasteiger partial charge < -0.3 is 16.0 Å². The third-order valence-electron chi connectivity index (χ3n) is 4.62. The standard InChI is InChI=1S/C19H26F3N3O2/c20-19(21,22)16-10-6-5-9-15(16)18(27)25-13-17(26)24-12-11-23-14-7-3-1-2-4-8-14/h5-6,9-10,14,23H,1-4,7-8,11-13H2,(H,24,26)(H,25,27). The van der Waals surface area contributed by atoms with E-state index in [1.807, 2.05) is 0 Å². The SMILES string of the molecule is O=C(CNC(=O)c1ccccc1C(F)(F)F)NCCNC1CCCCCC1. The molecule has 1 aliphatic rings. The van der Waals surface area contributed by atoms with Crippen molar-refractivity contribution < 1.29 is 22.8 Å². The van der Waals surface area contributed by atoms with Crippen LogP contribution in [0.5, 0.6) is 0 Å². The van der Waals surface area contributed by atoms with E-state index >= 15 is 0 Å². The van der Waals surface area contributed by atoms with Crippen LogP contribution in [0.2, 0.25) is 0 Å². The third-order valence-corrected chi connectivity index (χ3v) is 4.62. The molecule has 0 aromatic heterocycles. The van der Waals surface area contributed by atoms with E-state index in [9.17, 15) is 22.8 Å². The van der Waals surface area contributed by atoms with Gasteiger partial charge in [-0.15, -0.1) is 0 Å². The van der Waals surface area contributed by atoms with E-state index in [0.29, 0.717) is 19.1 Å². The van der Waals surface area contributed by atoms with Crippen LogP contribution >= 0.6 is 0 Å². The van der Waals surface area contributed by atoms with Crippen LogP contribution in [0.1, 0.15) is 54.4 Å². The van der Waals surface area contributed by atoms with E-state index in [4.69, 9.17) is 0 Å². The number of rotatable bonds is 7. The number of amides is 2. The molecule has 27 heavy (non-hydrogen) atoms. The Bertz CT molecular complexity index is 627. The highest BCUT2D eigenvalue weighted by Crippen LogP contribution is 2.31. The van der Waals surface area contributed by atoms with Gasteiger partial charge in [-0.05, 0) is 25.0 Å². The molecule has 0 radical (unpaired) electrons. The van der Waals surface area contributed by atoms with Crippen molar-refractivity contribution in [2.75, 3.05) is 19.6 Å². The molecule has 1 aliphatic carbocycles. The van der Waals surface area contributed by atoms with Crippen molar-refractivity contribution in [3.63, 3.8) is 0 Å². The molecule has 1 aromatic rings. The summed E-state index contributed by atoms with van der Waals surface area (Å²) >= 11 is 0. The van der Waals surface area contributed by atoms with Crippen LogP contribution in [0.15, 0.2) is 24.3 Å². The van der Waals surface area contributed by atoms with E-state index in [1.54, 1.807) is 0 Å². The topological polar surface area (TPSA) is 70.2 Å². The predicted molar refractivity (Wildman–Crippen MR) is 96.3 cm³/mol. The molecular formula is C19H26F3N3O2. The van der Waals surface area contributed by atoms with Gasteiger partial charge >= 0.3 is 6.18 Å². The minimum atomic E-state index is -4.63. The first-order valence-electron chi connectivity index (χ1n) is 9.32. The Kier molecular flexibility index (Phi) is 8.09. The molecule has 1 fully saturated rings. The van der Waals surface area contributed by atoms with Crippen molar-refractivity contribution in [1.82, 2.24) is 16.0 Å². The van der Waals surface area contributed by atoms with E-state index in [2.05, 4.69) is 16.0 Å². The zero-order valence-corrected chi connectivity index (χ0v) is 15.2. The number of alkyl halides is 3. The van der Waals surface area contributed by atoms with Gasteiger partial charge in [0.1, 0.15) is 0 Å². The van der Waals surface area contributed by atoms with Crippen molar-refractivity contribution in [1.29, 1.82) is 0 Å². The zero-order valence-electron chi connectivity index (χ0n) is 15.2. The first kappa shape index (κ1) is 21.2. The molecule has 0 spiro atoms. The number of hydrogen-bond donors (Lipinski definition) is 3. The van der Waals surface area contributed by atoms with Crippen LogP contribution in [0.25, 0.3) is 0 Å². The van der Waals surface area contributed by atoms with Crippen LogP contribution in [0.4, 0.5) is 13.2 Å². The summed E-state index contributed by atoms with van der Waals surface area (Å²) < 4.78 is 38.8. The Labute approximate surface area is 157 Å². The summed E-state index contributed by atoms with van der Waals surface area (Å²) in [6, 6.07) is 4.97. The van der Waals surface area contributed by atoms with Crippen LogP contribution in [0.3, 0.4) is 0 Å². The molecule has 1 saturated carbocycles. The molecule has 150 valence electrons. The van der Waals surface area contributed by atoms with Crippen molar-refractivity contribution in [2.45, 2.75) is 50.7 Å². The first-order valence-corrected chi connectivity index (χ1v) is 9.32. The lowest BCUT2D eigenvalue weighted by atomic mass is 10.1. The minimum Gasteiger partial charge on any atom is -0.353 e. The number of nitrogens with one attached hydrogen (secondary N) is 3. The number of hydrogen-bond acceptors (Lipinski definition) is 3. The molecule has 0 heterocycles. The molecular weight excluding hydrogens is 359 g/mol. The predicted octanol–water partition coefficient (Wildman–Crippen LogP) is 2.86. The highest BCUT2D eigenvalue weighted by molar-refractivity contribution is 5.97. The molecule has 1 aromatic carbocycles. The summed E-state index contributed by atoms with van der Waals surface area (Å²) in [5, 5.41) is 8.29. The number of benzene rings is 1. The van der Waals surface area contributed by atoms with Gasteiger partial charge in [0.05, 0.1) is 17.7 Å². The van der Waals surface area contributed by atoms with Crippen molar-refractivity contribution >= 4 is 11.8 Å². The van der Waals surface area contributed by atoms with Crippen molar-refractivity contribution in [3.8, 4) is 0 Å². The molecule has 2 rings (SSSR count). The van der Waals surface area contributed by atoms with E-state index in [1.165, 1.54) is 37.8 Å². The normalized spacial score (nSPS) is 15.8. The lowest BCUT2D eigenvalue weighted by molar-refractivity contribution is -0.137. The summed E-state index contributed by atoms with van der Waals surface area (Å²) in [5.74, 6) is -1.36. The monoisotopic (exact) mass is 385 g/mol. The van der Waals surface area contributed by atoms with Crippen molar-refractivity contribution in [3.05, 3.63) is 35.4 Å². The van der Waals surface area contributed by atoms with E-state index in [-0.39, 0.29) is 6.54 Å². The Balaban J connectivity index is 1.70. The number of carbonyl (C=O) groups excluding carboxylic acids is 2. The summed E-state index contributed by atoms with van der Waals surface area (Å²) in [5.41, 5.74) is -1.51. The van der Waals surface area contributed by atoms with Gasteiger partial charge in [-0.3, -0.25) is 9.59 Å². The second kappa shape index (κ2) is 10.3. The maximum absolute atomic E-state index is 12.9. The average molecular weight is 385 g/mol. The van der Waals surface area contributed by atoms with Gasteiger partial charge in [0.25, 0.3) is 5.91 Å². The quantitative estimate of drug-likeness (QED) is 0.499. The minimum absolute atomic E-state index is 0.367. The largest absolute Gasteiger partial charge is 0.417 e. The summed E-state index contributed by atoms with van der Waals surface area (Å²) in [6.45, 7) is 0.667. The van der Waals surface area contributed by atoms with Gasteiger partial charge in [-0.25, -0.2) is 0 Å². The summed E-state index contributed by atoms with van der Waals surface area (Å²) in [7, 11) is 0. The molecule has 0 unspecified atom stereocenters. The number of halogens is 3. The Morgan fingerprint density at radius 2 is 1.63 bits per heavy atom.